The largest absolute Gasteiger partial charge is 0.491 e. The van der Waals surface area contributed by atoms with Crippen molar-refractivity contribution in [1.29, 1.82) is 0 Å². The van der Waals surface area contributed by atoms with Crippen LogP contribution in [0.25, 0.3) is 0 Å². The first-order valence-electron chi connectivity index (χ1n) is 7.51. The van der Waals surface area contributed by atoms with Crippen LogP contribution < -0.4 is 15.8 Å². The molecule has 1 heterocycles. The molecule has 0 saturated heterocycles. The number of amides is 1. The Morgan fingerprint density at radius 2 is 2.05 bits per heavy atom. The summed E-state index contributed by atoms with van der Waals surface area (Å²) in [6, 6.07) is 6.16. The molecule has 1 fully saturated rings. The SMILES string of the molecule is NCC1(c2ccc3c(c2)NC(=O)CCO3)CCCCC1. The molecule has 3 rings (SSSR count). The molecule has 1 aromatic carbocycles. The van der Waals surface area contributed by atoms with Crippen LogP contribution in [0.1, 0.15) is 44.1 Å². The maximum Gasteiger partial charge on any atom is 0.227 e. The van der Waals surface area contributed by atoms with Gasteiger partial charge in [-0.15, -0.1) is 0 Å². The van der Waals surface area contributed by atoms with Gasteiger partial charge in [-0.05, 0) is 30.5 Å². The van der Waals surface area contributed by atoms with Crippen molar-refractivity contribution in [3.8, 4) is 5.75 Å². The third kappa shape index (κ3) is 2.40. The number of carbonyl (C=O) groups excluding carboxylic acids is 1. The highest BCUT2D eigenvalue weighted by Gasteiger charge is 2.33. The summed E-state index contributed by atoms with van der Waals surface area (Å²) in [5.41, 5.74) is 8.19. The number of rotatable bonds is 2. The Balaban J connectivity index is 1.96. The van der Waals surface area contributed by atoms with Crippen LogP contribution in [0.5, 0.6) is 5.75 Å². The number of ether oxygens (including phenoxy) is 1. The summed E-state index contributed by atoms with van der Waals surface area (Å²) in [6.45, 7) is 1.11. The summed E-state index contributed by atoms with van der Waals surface area (Å²) in [4.78, 5) is 11.7. The summed E-state index contributed by atoms with van der Waals surface area (Å²) in [7, 11) is 0. The summed E-state index contributed by atoms with van der Waals surface area (Å²) in [6.07, 6.45) is 6.45. The maximum absolute atomic E-state index is 11.7. The van der Waals surface area contributed by atoms with Gasteiger partial charge >= 0.3 is 0 Å². The van der Waals surface area contributed by atoms with Crippen molar-refractivity contribution in [2.75, 3.05) is 18.5 Å². The predicted molar refractivity (Wildman–Crippen MR) is 79.0 cm³/mol. The molecule has 1 aliphatic heterocycles. The number of nitrogens with two attached hydrogens (primary N) is 1. The summed E-state index contributed by atoms with van der Waals surface area (Å²) in [5, 5.41) is 2.94. The number of hydrogen-bond donors (Lipinski definition) is 2. The van der Waals surface area contributed by atoms with Gasteiger partial charge in [-0.25, -0.2) is 0 Å². The lowest BCUT2D eigenvalue weighted by atomic mass is 9.69. The van der Waals surface area contributed by atoms with E-state index in [1.165, 1.54) is 24.8 Å². The molecule has 0 aromatic heterocycles. The topological polar surface area (TPSA) is 64.3 Å². The van der Waals surface area contributed by atoms with Gasteiger partial charge < -0.3 is 15.8 Å². The molecular weight excluding hydrogens is 252 g/mol. The lowest BCUT2D eigenvalue weighted by Gasteiger charge is -2.37. The highest BCUT2D eigenvalue weighted by molar-refractivity contribution is 5.93. The van der Waals surface area contributed by atoms with E-state index in [1.807, 2.05) is 6.07 Å². The second-order valence-electron chi connectivity index (χ2n) is 5.90. The Labute approximate surface area is 119 Å². The lowest BCUT2D eigenvalue weighted by molar-refractivity contribution is -0.116. The van der Waals surface area contributed by atoms with Gasteiger partial charge in [0, 0.05) is 12.0 Å². The number of nitrogens with one attached hydrogen (secondary N) is 1. The van der Waals surface area contributed by atoms with Gasteiger partial charge in [-0.2, -0.15) is 0 Å². The molecular formula is C16H22N2O2. The average Bonchev–Trinajstić information content (AvgIpc) is 2.67. The average molecular weight is 274 g/mol. The van der Waals surface area contributed by atoms with Crippen molar-refractivity contribution in [2.24, 2.45) is 5.73 Å². The van der Waals surface area contributed by atoms with Gasteiger partial charge in [0.2, 0.25) is 5.91 Å². The van der Waals surface area contributed by atoms with Gasteiger partial charge in [0.15, 0.2) is 0 Å². The van der Waals surface area contributed by atoms with Crippen molar-refractivity contribution in [1.82, 2.24) is 0 Å². The second-order valence-corrected chi connectivity index (χ2v) is 5.90. The predicted octanol–water partition coefficient (Wildman–Crippen LogP) is 2.57. The quantitative estimate of drug-likeness (QED) is 0.871. The van der Waals surface area contributed by atoms with E-state index < -0.39 is 0 Å². The van der Waals surface area contributed by atoms with Gasteiger partial charge in [-0.1, -0.05) is 25.3 Å². The third-order valence-corrected chi connectivity index (χ3v) is 4.65. The summed E-state index contributed by atoms with van der Waals surface area (Å²) in [5.74, 6) is 0.786. The van der Waals surface area contributed by atoms with E-state index in [4.69, 9.17) is 10.5 Å². The first-order valence-corrected chi connectivity index (χ1v) is 7.51. The molecule has 0 bridgehead atoms. The van der Waals surface area contributed by atoms with Crippen molar-refractivity contribution >= 4 is 11.6 Å². The molecule has 0 atom stereocenters. The van der Waals surface area contributed by atoms with Crippen molar-refractivity contribution < 1.29 is 9.53 Å². The van der Waals surface area contributed by atoms with Gasteiger partial charge in [-0.3, -0.25) is 4.79 Å². The fourth-order valence-corrected chi connectivity index (χ4v) is 3.39. The molecule has 0 spiro atoms. The third-order valence-electron chi connectivity index (χ3n) is 4.65. The normalized spacial score (nSPS) is 21.4. The van der Waals surface area contributed by atoms with E-state index in [1.54, 1.807) is 0 Å². The first kappa shape index (κ1) is 13.4. The van der Waals surface area contributed by atoms with E-state index in [0.717, 1.165) is 24.3 Å². The van der Waals surface area contributed by atoms with Gasteiger partial charge in [0.05, 0.1) is 18.7 Å². The van der Waals surface area contributed by atoms with E-state index in [9.17, 15) is 4.79 Å². The zero-order chi connectivity index (χ0) is 14.0. The number of anilines is 1. The van der Waals surface area contributed by atoms with Crippen molar-refractivity contribution in [3.63, 3.8) is 0 Å². The van der Waals surface area contributed by atoms with E-state index in [2.05, 4.69) is 17.4 Å². The molecule has 0 radical (unpaired) electrons. The Bertz CT molecular complexity index is 507. The van der Waals surface area contributed by atoms with Crippen LogP contribution in [-0.2, 0) is 10.2 Å². The number of fused-ring (bicyclic) bond motifs is 1. The lowest BCUT2D eigenvalue weighted by Crippen LogP contribution is -2.37. The van der Waals surface area contributed by atoms with Gasteiger partial charge in [0.25, 0.3) is 0 Å². The summed E-state index contributed by atoms with van der Waals surface area (Å²) >= 11 is 0. The molecule has 4 nitrogen and oxygen atoms in total. The maximum atomic E-state index is 11.7. The minimum atomic E-state index is 0.0198. The Morgan fingerprint density at radius 3 is 2.80 bits per heavy atom. The molecule has 1 aliphatic carbocycles. The molecule has 1 aromatic rings. The fraction of sp³-hybridized carbons (Fsp3) is 0.562. The molecule has 20 heavy (non-hydrogen) atoms. The molecule has 2 aliphatic rings. The van der Waals surface area contributed by atoms with Crippen LogP contribution in [0.3, 0.4) is 0 Å². The molecule has 1 amide bonds. The molecule has 1 saturated carbocycles. The molecule has 4 heteroatoms. The molecule has 108 valence electrons. The minimum Gasteiger partial charge on any atom is -0.491 e. The number of carbonyl (C=O) groups is 1. The minimum absolute atomic E-state index is 0.0198. The monoisotopic (exact) mass is 274 g/mol. The molecule has 3 N–H and O–H groups in total. The van der Waals surface area contributed by atoms with Crippen LogP contribution in [0.2, 0.25) is 0 Å². The van der Waals surface area contributed by atoms with Crippen LogP contribution in [-0.4, -0.2) is 19.1 Å². The van der Waals surface area contributed by atoms with E-state index in [0.29, 0.717) is 19.6 Å². The van der Waals surface area contributed by atoms with Crippen LogP contribution in [0.4, 0.5) is 5.69 Å². The zero-order valence-electron chi connectivity index (χ0n) is 11.8. The summed E-state index contributed by atoms with van der Waals surface area (Å²) < 4.78 is 5.61. The van der Waals surface area contributed by atoms with Gasteiger partial charge in [0.1, 0.15) is 5.75 Å². The van der Waals surface area contributed by atoms with Crippen molar-refractivity contribution in [2.45, 2.75) is 43.9 Å². The molecule has 0 unspecified atom stereocenters. The Morgan fingerprint density at radius 1 is 1.25 bits per heavy atom. The zero-order valence-corrected chi connectivity index (χ0v) is 11.8. The highest BCUT2D eigenvalue weighted by Crippen LogP contribution is 2.41. The fourth-order valence-electron chi connectivity index (χ4n) is 3.39. The number of hydrogen-bond acceptors (Lipinski definition) is 3. The first-order chi connectivity index (χ1) is 9.73. The second kappa shape index (κ2) is 5.44. The van der Waals surface area contributed by atoms with Crippen LogP contribution in [0.15, 0.2) is 18.2 Å². The van der Waals surface area contributed by atoms with Crippen molar-refractivity contribution in [3.05, 3.63) is 23.8 Å². The van der Waals surface area contributed by atoms with E-state index >= 15 is 0 Å². The van der Waals surface area contributed by atoms with E-state index in [-0.39, 0.29) is 11.3 Å². The van der Waals surface area contributed by atoms with Crippen LogP contribution in [0, 0.1) is 0 Å². The highest BCUT2D eigenvalue weighted by atomic mass is 16.5. The smallest absolute Gasteiger partial charge is 0.227 e. The Kier molecular flexibility index (Phi) is 3.66. The Hall–Kier alpha value is -1.55. The standard InChI is InChI=1S/C16H22N2O2/c17-11-16(7-2-1-3-8-16)12-4-5-14-13(10-12)18-15(19)6-9-20-14/h4-5,10H,1-3,6-9,11,17H2,(H,18,19). The number of benzene rings is 1. The van der Waals surface area contributed by atoms with Crippen LogP contribution >= 0.6 is 0 Å².